The molecule has 0 aliphatic heterocycles. The fourth-order valence-corrected chi connectivity index (χ4v) is 3.46. The summed E-state index contributed by atoms with van der Waals surface area (Å²) >= 11 is 3.42. The van der Waals surface area contributed by atoms with Gasteiger partial charge in [0, 0.05) is 18.6 Å². The summed E-state index contributed by atoms with van der Waals surface area (Å²) in [5, 5.41) is 0. The van der Waals surface area contributed by atoms with E-state index in [1.165, 1.54) is 6.42 Å². The first-order chi connectivity index (χ1) is 9.11. The van der Waals surface area contributed by atoms with E-state index in [4.69, 9.17) is 4.74 Å². The smallest absolute Gasteiger partial charge is 0.259 e. The van der Waals surface area contributed by atoms with Gasteiger partial charge in [-0.25, -0.2) is 9.97 Å². The summed E-state index contributed by atoms with van der Waals surface area (Å²) in [5.74, 6) is 2.07. The van der Waals surface area contributed by atoms with E-state index in [0.29, 0.717) is 5.88 Å². The second kappa shape index (κ2) is 5.12. The number of halogens is 1. The number of ether oxygens (including phenoxy) is 1. The van der Waals surface area contributed by atoms with E-state index >= 15 is 0 Å². The zero-order valence-electron chi connectivity index (χ0n) is 11.2. The number of imidazole rings is 1. The lowest BCUT2D eigenvalue weighted by Gasteiger charge is -2.31. The van der Waals surface area contributed by atoms with Gasteiger partial charge in [-0.3, -0.25) is 4.40 Å². The molecule has 1 saturated carbocycles. The first-order valence-electron chi connectivity index (χ1n) is 6.77. The predicted octanol–water partition coefficient (Wildman–Crippen LogP) is 3.70. The number of fused-ring (bicyclic) bond motifs is 1. The van der Waals surface area contributed by atoms with E-state index in [2.05, 4.69) is 39.7 Å². The van der Waals surface area contributed by atoms with Crippen LogP contribution in [0.25, 0.3) is 5.65 Å². The summed E-state index contributed by atoms with van der Waals surface area (Å²) in [6.07, 6.45) is 9.31. The van der Waals surface area contributed by atoms with E-state index in [1.807, 2.05) is 16.8 Å². The first kappa shape index (κ1) is 12.9. The molecule has 1 aliphatic carbocycles. The lowest BCUT2D eigenvalue weighted by atomic mass is 9.82. The van der Waals surface area contributed by atoms with Crippen LogP contribution in [-0.4, -0.2) is 20.5 Å². The van der Waals surface area contributed by atoms with Crippen molar-refractivity contribution >= 4 is 21.6 Å². The highest BCUT2D eigenvalue weighted by atomic mass is 79.9. The van der Waals surface area contributed by atoms with Crippen LogP contribution in [0.3, 0.4) is 0 Å². The zero-order valence-corrected chi connectivity index (χ0v) is 12.8. The van der Waals surface area contributed by atoms with Crippen molar-refractivity contribution in [2.24, 2.45) is 11.8 Å². The van der Waals surface area contributed by atoms with Crippen LogP contribution in [0, 0.1) is 11.8 Å². The van der Waals surface area contributed by atoms with Crippen molar-refractivity contribution in [1.29, 1.82) is 0 Å². The van der Waals surface area contributed by atoms with Crippen molar-refractivity contribution in [1.82, 2.24) is 14.4 Å². The third kappa shape index (κ3) is 2.76. The molecule has 2 aromatic rings. The van der Waals surface area contributed by atoms with Gasteiger partial charge < -0.3 is 4.74 Å². The molecular weight excluding hydrogens is 306 g/mol. The Hall–Kier alpha value is -1.10. The highest BCUT2D eigenvalue weighted by Gasteiger charge is 2.26. The van der Waals surface area contributed by atoms with Gasteiger partial charge in [-0.2, -0.15) is 0 Å². The molecule has 19 heavy (non-hydrogen) atoms. The van der Waals surface area contributed by atoms with Crippen LogP contribution in [0.15, 0.2) is 23.2 Å². The monoisotopic (exact) mass is 323 g/mol. The summed E-state index contributed by atoms with van der Waals surface area (Å²) in [6.45, 7) is 4.59. The lowest BCUT2D eigenvalue weighted by Crippen LogP contribution is -2.29. The van der Waals surface area contributed by atoms with Crippen molar-refractivity contribution in [2.45, 2.75) is 39.2 Å². The molecule has 102 valence electrons. The standard InChI is InChI=1S/C14H18BrN3O/c1-9-5-10(2)7-11(6-9)19-14-13-16-3-4-18(13)8-12(15)17-14/h3-4,8-11H,5-7H2,1-2H3. The zero-order chi connectivity index (χ0) is 13.4. The topological polar surface area (TPSA) is 39.4 Å². The Labute approximate surface area is 121 Å². The maximum Gasteiger partial charge on any atom is 0.259 e. The van der Waals surface area contributed by atoms with Crippen LogP contribution in [0.4, 0.5) is 0 Å². The summed E-state index contributed by atoms with van der Waals surface area (Å²) in [7, 11) is 0. The number of hydrogen-bond donors (Lipinski definition) is 0. The van der Waals surface area contributed by atoms with Crippen LogP contribution >= 0.6 is 15.9 Å². The van der Waals surface area contributed by atoms with Crippen LogP contribution in [0.5, 0.6) is 5.88 Å². The largest absolute Gasteiger partial charge is 0.472 e. The summed E-state index contributed by atoms with van der Waals surface area (Å²) < 4.78 is 8.83. The van der Waals surface area contributed by atoms with Crippen LogP contribution in [0.1, 0.15) is 33.1 Å². The number of hydrogen-bond acceptors (Lipinski definition) is 3. The molecule has 0 saturated heterocycles. The molecule has 1 aliphatic rings. The van der Waals surface area contributed by atoms with Gasteiger partial charge in [0.1, 0.15) is 10.7 Å². The van der Waals surface area contributed by atoms with E-state index in [9.17, 15) is 0 Å². The Kier molecular flexibility index (Phi) is 3.48. The van der Waals surface area contributed by atoms with Gasteiger partial charge in [0.15, 0.2) is 0 Å². The summed E-state index contributed by atoms with van der Waals surface area (Å²) in [4.78, 5) is 8.75. The van der Waals surface area contributed by atoms with E-state index in [1.54, 1.807) is 6.20 Å². The predicted molar refractivity (Wildman–Crippen MR) is 77.3 cm³/mol. The Bertz CT molecular complexity index is 573. The SMILES string of the molecule is CC1CC(C)CC(Oc2nc(Br)cn3ccnc23)C1. The van der Waals surface area contributed by atoms with Gasteiger partial charge in [0.25, 0.3) is 5.88 Å². The van der Waals surface area contributed by atoms with Crippen molar-refractivity contribution in [3.05, 3.63) is 23.2 Å². The maximum atomic E-state index is 6.12. The molecule has 0 aromatic carbocycles. The lowest BCUT2D eigenvalue weighted by molar-refractivity contribution is 0.0975. The molecule has 4 nitrogen and oxygen atoms in total. The molecule has 0 spiro atoms. The molecule has 3 rings (SSSR count). The minimum Gasteiger partial charge on any atom is -0.472 e. The highest BCUT2D eigenvalue weighted by molar-refractivity contribution is 9.10. The molecule has 2 aromatic heterocycles. The van der Waals surface area contributed by atoms with Crippen LogP contribution < -0.4 is 4.74 Å². The minimum atomic E-state index is 0.251. The van der Waals surface area contributed by atoms with Crippen molar-refractivity contribution < 1.29 is 4.74 Å². The van der Waals surface area contributed by atoms with Gasteiger partial charge in [-0.15, -0.1) is 0 Å². The average Bonchev–Trinajstić information content (AvgIpc) is 2.75. The second-order valence-corrected chi connectivity index (χ2v) is 6.50. The molecule has 0 N–H and O–H groups in total. The van der Waals surface area contributed by atoms with Gasteiger partial charge in [0.2, 0.25) is 5.65 Å². The molecule has 5 heteroatoms. The molecule has 2 atom stereocenters. The number of nitrogens with zero attached hydrogens (tertiary/aromatic N) is 3. The fourth-order valence-electron chi connectivity index (χ4n) is 3.08. The molecule has 2 unspecified atom stereocenters. The minimum absolute atomic E-state index is 0.251. The molecule has 0 amide bonds. The highest BCUT2D eigenvalue weighted by Crippen LogP contribution is 2.32. The third-order valence-corrected chi connectivity index (χ3v) is 4.11. The Morgan fingerprint density at radius 2 is 2.00 bits per heavy atom. The van der Waals surface area contributed by atoms with Gasteiger partial charge >= 0.3 is 0 Å². The van der Waals surface area contributed by atoms with Gasteiger partial charge in [-0.1, -0.05) is 13.8 Å². The summed E-state index contributed by atoms with van der Waals surface area (Å²) in [6, 6.07) is 0. The molecule has 1 fully saturated rings. The van der Waals surface area contributed by atoms with Crippen molar-refractivity contribution in [3.8, 4) is 5.88 Å². The second-order valence-electron chi connectivity index (χ2n) is 5.68. The summed E-state index contributed by atoms with van der Waals surface area (Å²) in [5.41, 5.74) is 0.786. The average molecular weight is 324 g/mol. The molecule has 0 radical (unpaired) electrons. The normalized spacial score (nSPS) is 27.6. The number of rotatable bonds is 2. The van der Waals surface area contributed by atoms with E-state index < -0.39 is 0 Å². The quantitative estimate of drug-likeness (QED) is 0.846. The van der Waals surface area contributed by atoms with Crippen molar-refractivity contribution in [3.63, 3.8) is 0 Å². The van der Waals surface area contributed by atoms with Crippen LogP contribution in [-0.2, 0) is 0 Å². The number of aromatic nitrogens is 3. The Balaban J connectivity index is 1.86. The molecular formula is C14H18BrN3O. The maximum absolute atomic E-state index is 6.12. The van der Waals surface area contributed by atoms with E-state index in [-0.39, 0.29) is 6.10 Å². The van der Waals surface area contributed by atoms with Crippen molar-refractivity contribution in [2.75, 3.05) is 0 Å². The van der Waals surface area contributed by atoms with Gasteiger partial charge in [0.05, 0.1) is 0 Å². The molecule has 0 bridgehead atoms. The van der Waals surface area contributed by atoms with Crippen LogP contribution in [0.2, 0.25) is 0 Å². The Morgan fingerprint density at radius 1 is 1.26 bits per heavy atom. The Morgan fingerprint density at radius 3 is 2.74 bits per heavy atom. The first-order valence-corrected chi connectivity index (χ1v) is 7.57. The molecule has 2 heterocycles. The van der Waals surface area contributed by atoms with E-state index in [0.717, 1.165) is 34.9 Å². The van der Waals surface area contributed by atoms with Gasteiger partial charge in [-0.05, 0) is 47.0 Å². The third-order valence-electron chi connectivity index (χ3n) is 3.73. The fraction of sp³-hybridized carbons (Fsp3) is 0.571.